The molecule has 1 aromatic rings. The van der Waals surface area contributed by atoms with Crippen molar-refractivity contribution in [3.8, 4) is 0 Å². The van der Waals surface area contributed by atoms with Crippen molar-refractivity contribution >= 4 is 12.4 Å². The highest BCUT2D eigenvalue weighted by molar-refractivity contribution is 5.85. The fourth-order valence-corrected chi connectivity index (χ4v) is 1.49. The lowest BCUT2D eigenvalue weighted by Gasteiger charge is -2.18. The Balaban J connectivity index is 0.00000196. The molecule has 0 heterocycles. The molecule has 0 aromatic heterocycles. The van der Waals surface area contributed by atoms with E-state index in [1.165, 1.54) is 5.56 Å². The summed E-state index contributed by atoms with van der Waals surface area (Å²) in [7, 11) is 0. The van der Waals surface area contributed by atoms with Gasteiger partial charge in [-0.25, -0.2) is 0 Å². The molecule has 0 aliphatic rings. The van der Waals surface area contributed by atoms with Gasteiger partial charge in [-0.1, -0.05) is 43.2 Å². The van der Waals surface area contributed by atoms with E-state index in [0.717, 1.165) is 18.4 Å². The molecule has 86 valence electrons. The third-order valence-corrected chi connectivity index (χ3v) is 2.46. The summed E-state index contributed by atoms with van der Waals surface area (Å²) in [4.78, 5) is 0. The Labute approximate surface area is 97.9 Å². The summed E-state index contributed by atoms with van der Waals surface area (Å²) in [6.45, 7) is 4.09. The van der Waals surface area contributed by atoms with Crippen LogP contribution >= 0.6 is 12.4 Å². The molecular weight excluding hydrogens is 210 g/mol. The second kappa shape index (κ2) is 6.83. The third kappa shape index (κ3) is 4.20. The topological polar surface area (TPSA) is 46.2 Å². The van der Waals surface area contributed by atoms with Crippen LogP contribution in [-0.4, -0.2) is 11.2 Å². The summed E-state index contributed by atoms with van der Waals surface area (Å²) >= 11 is 0. The molecule has 3 N–H and O–H groups in total. The zero-order chi connectivity index (χ0) is 10.6. The van der Waals surface area contributed by atoms with Crippen LogP contribution in [0.2, 0.25) is 0 Å². The number of benzene rings is 1. The summed E-state index contributed by atoms with van der Waals surface area (Å²) in [6.07, 6.45) is 1.29. The van der Waals surface area contributed by atoms with Gasteiger partial charge in [-0.05, 0) is 18.9 Å². The highest BCUT2D eigenvalue weighted by atomic mass is 35.5. The van der Waals surface area contributed by atoms with Crippen molar-refractivity contribution in [3.05, 3.63) is 35.4 Å². The zero-order valence-electron chi connectivity index (χ0n) is 9.31. The Morgan fingerprint density at radius 1 is 1.27 bits per heavy atom. The Kier molecular flexibility index (Phi) is 6.57. The van der Waals surface area contributed by atoms with Crippen LogP contribution in [0.3, 0.4) is 0 Å². The molecule has 0 aliphatic carbocycles. The average molecular weight is 230 g/mol. The highest BCUT2D eigenvalue weighted by Gasteiger charge is 2.15. The molecule has 0 radical (unpaired) electrons. The molecular formula is C12H20ClNO. The van der Waals surface area contributed by atoms with E-state index in [1.54, 1.807) is 0 Å². The van der Waals surface area contributed by atoms with E-state index in [-0.39, 0.29) is 18.4 Å². The number of aryl methyl sites for hydroxylation is 1. The van der Waals surface area contributed by atoms with Gasteiger partial charge in [0.25, 0.3) is 0 Å². The van der Waals surface area contributed by atoms with Gasteiger partial charge in [0.2, 0.25) is 0 Å². The predicted octanol–water partition coefficient (Wildman–Crippen LogP) is 2.58. The van der Waals surface area contributed by atoms with E-state index in [2.05, 4.69) is 0 Å². The molecule has 15 heavy (non-hydrogen) atoms. The number of aliphatic hydroxyl groups excluding tert-OH is 1. The quantitative estimate of drug-likeness (QED) is 0.834. The van der Waals surface area contributed by atoms with Crippen molar-refractivity contribution in [2.45, 2.75) is 38.8 Å². The first-order chi connectivity index (χ1) is 6.65. The van der Waals surface area contributed by atoms with E-state index in [1.807, 2.05) is 38.1 Å². The minimum absolute atomic E-state index is 0. The molecule has 0 saturated heterocycles. The number of rotatable bonds is 4. The first-order valence-electron chi connectivity index (χ1n) is 5.15. The molecule has 2 nitrogen and oxygen atoms in total. The minimum Gasteiger partial charge on any atom is -0.391 e. The molecule has 3 heteroatoms. The van der Waals surface area contributed by atoms with Gasteiger partial charge in [-0.2, -0.15) is 0 Å². The summed E-state index contributed by atoms with van der Waals surface area (Å²) in [5.41, 5.74) is 8.15. The van der Waals surface area contributed by atoms with Crippen molar-refractivity contribution in [1.29, 1.82) is 0 Å². The molecule has 1 rings (SSSR count). The Bertz CT molecular complexity index is 273. The maximum absolute atomic E-state index is 9.72. The van der Waals surface area contributed by atoms with Crippen molar-refractivity contribution in [2.24, 2.45) is 5.73 Å². The molecule has 0 spiro atoms. The highest BCUT2D eigenvalue weighted by Crippen LogP contribution is 2.17. The Hall–Kier alpha value is -0.570. The lowest BCUT2D eigenvalue weighted by Crippen LogP contribution is -2.25. The summed E-state index contributed by atoms with van der Waals surface area (Å²) in [5.74, 6) is 0. The molecule has 2 atom stereocenters. The first kappa shape index (κ1) is 14.4. The SMILES string of the molecule is CCC[C@@H](O)[C@@H](N)c1ccc(C)cc1.Cl. The predicted molar refractivity (Wildman–Crippen MR) is 66.3 cm³/mol. The summed E-state index contributed by atoms with van der Waals surface area (Å²) in [5, 5.41) is 9.72. The van der Waals surface area contributed by atoms with Crippen molar-refractivity contribution < 1.29 is 5.11 Å². The van der Waals surface area contributed by atoms with E-state index in [9.17, 15) is 5.11 Å². The van der Waals surface area contributed by atoms with Crippen molar-refractivity contribution in [1.82, 2.24) is 0 Å². The third-order valence-electron chi connectivity index (χ3n) is 2.46. The maximum Gasteiger partial charge on any atom is 0.0732 e. The van der Waals surface area contributed by atoms with E-state index >= 15 is 0 Å². The molecule has 0 fully saturated rings. The number of hydrogen-bond donors (Lipinski definition) is 2. The van der Waals surface area contributed by atoms with Crippen molar-refractivity contribution in [2.75, 3.05) is 0 Å². The van der Waals surface area contributed by atoms with Gasteiger partial charge < -0.3 is 10.8 Å². The zero-order valence-corrected chi connectivity index (χ0v) is 10.1. The Morgan fingerprint density at radius 3 is 2.27 bits per heavy atom. The standard InChI is InChI=1S/C12H19NO.ClH/c1-3-4-11(14)12(13)10-7-5-9(2)6-8-10;/h5-8,11-12,14H,3-4,13H2,1-2H3;1H/t11-,12+;/m1./s1. The monoisotopic (exact) mass is 229 g/mol. The maximum atomic E-state index is 9.72. The summed E-state index contributed by atoms with van der Waals surface area (Å²) in [6, 6.07) is 7.76. The molecule has 0 saturated carbocycles. The van der Waals surface area contributed by atoms with Crippen LogP contribution in [0.25, 0.3) is 0 Å². The normalized spacial score (nSPS) is 14.1. The van der Waals surface area contributed by atoms with Crippen molar-refractivity contribution in [3.63, 3.8) is 0 Å². The average Bonchev–Trinajstić information content (AvgIpc) is 2.18. The molecule has 0 unspecified atom stereocenters. The second-order valence-electron chi connectivity index (χ2n) is 3.79. The fourth-order valence-electron chi connectivity index (χ4n) is 1.49. The summed E-state index contributed by atoms with van der Waals surface area (Å²) < 4.78 is 0. The molecule has 0 amide bonds. The molecule has 1 aromatic carbocycles. The van der Waals surface area contributed by atoms with Crippen LogP contribution in [0.4, 0.5) is 0 Å². The van der Waals surface area contributed by atoms with Gasteiger partial charge in [0.05, 0.1) is 12.1 Å². The molecule has 0 aliphatic heterocycles. The van der Waals surface area contributed by atoms with E-state index < -0.39 is 6.10 Å². The van der Waals surface area contributed by atoms with Crippen LogP contribution in [0.1, 0.15) is 36.9 Å². The second-order valence-corrected chi connectivity index (χ2v) is 3.79. The van der Waals surface area contributed by atoms with Gasteiger partial charge >= 0.3 is 0 Å². The number of aliphatic hydroxyl groups is 1. The van der Waals surface area contributed by atoms with Gasteiger partial charge in [0.15, 0.2) is 0 Å². The van der Waals surface area contributed by atoms with Gasteiger partial charge in [0.1, 0.15) is 0 Å². The number of nitrogens with two attached hydrogens (primary N) is 1. The van der Waals surface area contributed by atoms with Gasteiger partial charge in [-0.15, -0.1) is 12.4 Å². The Morgan fingerprint density at radius 2 is 1.80 bits per heavy atom. The smallest absolute Gasteiger partial charge is 0.0732 e. The fraction of sp³-hybridized carbons (Fsp3) is 0.500. The largest absolute Gasteiger partial charge is 0.391 e. The van der Waals surface area contributed by atoms with E-state index in [0.29, 0.717) is 0 Å². The van der Waals surface area contributed by atoms with Crippen LogP contribution in [0.5, 0.6) is 0 Å². The number of halogens is 1. The van der Waals surface area contributed by atoms with E-state index in [4.69, 9.17) is 5.73 Å². The lowest BCUT2D eigenvalue weighted by atomic mass is 9.98. The van der Waals surface area contributed by atoms with Crippen LogP contribution in [-0.2, 0) is 0 Å². The van der Waals surface area contributed by atoms with Crippen LogP contribution < -0.4 is 5.73 Å². The lowest BCUT2D eigenvalue weighted by molar-refractivity contribution is 0.134. The van der Waals surface area contributed by atoms with Gasteiger partial charge in [-0.3, -0.25) is 0 Å². The minimum atomic E-state index is -0.428. The first-order valence-corrected chi connectivity index (χ1v) is 5.15. The number of hydrogen-bond acceptors (Lipinski definition) is 2. The van der Waals surface area contributed by atoms with Crippen LogP contribution in [0, 0.1) is 6.92 Å². The molecule has 0 bridgehead atoms. The van der Waals surface area contributed by atoms with Crippen LogP contribution in [0.15, 0.2) is 24.3 Å². The van der Waals surface area contributed by atoms with Gasteiger partial charge in [0, 0.05) is 0 Å².